The largest absolute Gasteiger partial charge is 0.383 e. The molecule has 0 bridgehead atoms. The maximum Gasteiger partial charge on any atom is 0.131 e. The van der Waals surface area contributed by atoms with E-state index in [2.05, 4.69) is 9.97 Å². The smallest absolute Gasteiger partial charge is 0.131 e. The van der Waals surface area contributed by atoms with Crippen molar-refractivity contribution in [3.8, 4) is 11.3 Å². The molecule has 0 aliphatic rings. The minimum Gasteiger partial charge on any atom is -0.383 e. The van der Waals surface area contributed by atoms with E-state index in [-0.39, 0.29) is 5.82 Å². The second kappa shape index (κ2) is 4.72. The summed E-state index contributed by atoms with van der Waals surface area (Å²) in [7, 11) is 0. The first kappa shape index (κ1) is 12.5. The van der Waals surface area contributed by atoms with Crippen molar-refractivity contribution in [2.24, 2.45) is 0 Å². The van der Waals surface area contributed by atoms with Gasteiger partial charge in [-0.2, -0.15) is 0 Å². The molecule has 0 saturated heterocycles. The third-order valence-corrected chi connectivity index (χ3v) is 2.99. The lowest BCUT2D eigenvalue weighted by atomic mass is 10.0. The first-order valence-corrected chi connectivity index (χ1v) is 5.92. The van der Waals surface area contributed by atoms with Crippen molar-refractivity contribution in [1.29, 1.82) is 0 Å². The SMILES string of the molecule is CCc1nc(N)c(C)c(-c2ccc(F)cc2C)n1. The summed E-state index contributed by atoms with van der Waals surface area (Å²) in [5, 5.41) is 0. The first-order valence-electron chi connectivity index (χ1n) is 5.92. The number of nitrogen functional groups attached to an aromatic ring is 1. The molecule has 1 aromatic heterocycles. The fourth-order valence-electron chi connectivity index (χ4n) is 1.90. The van der Waals surface area contributed by atoms with E-state index < -0.39 is 0 Å². The van der Waals surface area contributed by atoms with E-state index in [4.69, 9.17) is 5.73 Å². The molecule has 94 valence electrons. The van der Waals surface area contributed by atoms with Crippen molar-refractivity contribution in [3.05, 3.63) is 41.0 Å². The Hall–Kier alpha value is -1.97. The Morgan fingerprint density at radius 2 is 1.94 bits per heavy atom. The molecule has 0 aliphatic carbocycles. The van der Waals surface area contributed by atoms with E-state index >= 15 is 0 Å². The van der Waals surface area contributed by atoms with Gasteiger partial charge in [0.15, 0.2) is 0 Å². The van der Waals surface area contributed by atoms with Gasteiger partial charge in [-0.15, -0.1) is 0 Å². The maximum atomic E-state index is 13.1. The van der Waals surface area contributed by atoms with E-state index in [9.17, 15) is 4.39 Å². The Bertz CT molecular complexity index is 594. The third-order valence-electron chi connectivity index (χ3n) is 2.99. The van der Waals surface area contributed by atoms with Gasteiger partial charge < -0.3 is 5.73 Å². The molecule has 0 atom stereocenters. The molecule has 2 aromatic rings. The average Bonchev–Trinajstić information content (AvgIpc) is 2.33. The van der Waals surface area contributed by atoms with Gasteiger partial charge >= 0.3 is 0 Å². The van der Waals surface area contributed by atoms with Gasteiger partial charge in [-0.3, -0.25) is 0 Å². The molecule has 0 fully saturated rings. The molecule has 1 aromatic carbocycles. The van der Waals surface area contributed by atoms with E-state index in [0.29, 0.717) is 11.6 Å². The standard InChI is InChI=1S/C14H16FN3/c1-4-12-17-13(9(3)14(16)18-12)11-6-5-10(15)7-8(11)2/h5-7H,4H2,1-3H3,(H2,16,17,18). The molecule has 0 spiro atoms. The monoisotopic (exact) mass is 245 g/mol. The molecule has 0 radical (unpaired) electrons. The summed E-state index contributed by atoms with van der Waals surface area (Å²) >= 11 is 0. The van der Waals surface area contributed by atoms with E-state index in [1.54, 1.807) is 6.07 Å². The summed E-state index contributed by atoms with van der Waals surface area (Å²) in [5.74, 6) is 0.948. The van der Waals surface area contributed by atoms with Crippen molar-refractivity contribution < 1.29 is 4.39 Å². The number of benzene rings is 1. The summed E-state index contributed by atoms with van der Waals surface area (Å²) < 4.78 is 13.1. The quantitative estimate of drug-likeness (QED) is 0.884. The Labute approximate surface area is 106 Å². The summed E-state index contributed by atoms with van der Waals surface area (Å²) in [5.41, 5.74) is 9.26. The van der Waals surface area contributed by atoms with Crippen molar-refractivity contribution >= 4 is 5.82 Å². The Balaban J connectivity index is 2.66. The summed E-state index contributed by atoms with van der Waals surface area (Å²) in [4.78, 5) is 8.72. The topological polar surface area (TPSA) is 51.8 Å². The summed E-state index contributed by atoms with van der Waals surface area (Å²) in [6, 6.07) is 4.67. The number of hydrogen-bond acceptors (Lipinski definition) is 3. The Kier molecular flexibility index (Phi) is 3.28. The van der Waals surface area contributed by atoms with Crippen LogP contribution in [0.4, 0.5) is 10.2 Å². The number of anilines is 1. The normalized spacial score (nSPS) is 10.7. The third kappa shape index (κ3) is 2.18. The zero-order valence-corrected chi connectivity index (χ0v) is 10.8. The molecule has 0 amide bonds. The number of aromatic nitrogens is 2. The highest BCUT2D eigenvalue weighted by Gasteiger charge is 2.12. The van der Waals surface area contributed by atoms with Crippen molar-refractivity contribution in [2.75, 3.05) is 5.73 Å². The second-order valence-electron chi connectivity index (χ2n) is 4.31. The van der Waals surface area contributed by atoms with Gasteiger partial charge in [0.25, 0.3) is 0 Å². The van der Waals surface area contributed by atoms with Gasteiger partial charge in [0.1, 0.15) is 17.5 Å². The number of aryl methyl sites for hydroxylation is 2. The zero-order chi connectivity index (χ0) is 13.3. The van der Waals surface area contributed by atoms with Gasteiger partial charge in [-0.05, 0) is 37.6 Å². The molecular formula is C14H16FN3. The fraction of sp³-hybridized carbons (Fsp3) is 0.286. The maximum absolute atomic E-state index is 13.1. The number of nitrogens with zero attached hydrogens (tertiary/aromatic N) is 2. The summed E-state index contributed by atoms with van der Waals surface area (Å²) in [6.45, 7) is 5.72. The van der Waals surface area contributed by atoms with E-state index in [0.717, 1.165) is 28.8 Å². The van der Waals surface area contributed by atoms with Crippen LogP contribution < -0.4 is 5.73 Å². The lowest BCUT2D eigenvalue weighted by Crippen LogP contribution is -2.04. The van der Waals surface area contributed by atoms with Gasteiger partial charge in [-0.1, -0.05) is 6.92 Å². The number of rotatable bonds is 2. The van der Waals surface area contributed by atoms with Crippen LogP contribution in [0.3, 0.4) is 0 Å². The zero-order valence-electron chi connectivity index (χ0n) is 10.8. The Morgan fingerprint density at radius 1 is 1.22 bits per heavy atom. The van der Waals surface area contributed by atoms with Gasteiger partial charge in [0.05, 0.1) is 5.69 Å². The van der Waals surface area contributed by atoms with E-state index in [1.165, 1.54) is 12.1 Å². The van der Waals surface area contributed by atoms with Gasteiger partial charge in [-0.25, -0.2) is 14.4 Å². The van der Waals surface area contributed by atoms with Crippen molar-refractivity contribution in [2.45, 2.75) is 27.2 Å². The fourth-order valence-corrected chi connectivity index (χ4v) is 1.90. The minimum absolute atomic E-state index is 0.244. The molecule has 2 rings (SSSR count). The summed E-state index contributed by atoms with van der Waals surface area (Å²) in [6.07, 6.45) is 0.720. The van der Waals surface area contributed by atoms with Crippen molar-refractivity contribution in [3.63, 3.8) is 0 Å². The molecule has 3 nitrogen and oxygen atoms in total. The highest BCUT2D eigenvalue weighted by Crippen LogP contribution is 2.27. The molecular weight excluding hydrogens is 229 g/mol. The van der Waals surface area contributed by atoms with Gasteiger partial charge in [0.2, 0.25) is 0 Å². The lowest BCUT2D eigenvalue weighted by Gasteiger charge is -2.11. The highest BCUT2D eigenvalue weighted by atomic mass is 19.1. The van der Waals surface area contributed by atoms with E-state index in [1.807, 2.05) is 20.8 Å². The van der Waals surface area contributed by atoms with Crippen LogP contribution in [-0.4, -0.2) is 9.97 Å². The van der Waals surface area contributed by atoms with Crippen LogP contribution in [0.15, 0.2) is 18.2 Å². The van der Waals surface area contributed by atoms with Gasteiger partial charge in [0, 0.05) is 17.5 Å². The second-order valence-corrected chi connectivity index (χ2v) is 4.31. The van der Waals surface area contributed by atoms with Crippen LogP contribution >= 0.6 is 0 Å². The van der Waals surface area contributed by atoms with Crippen LogP contribution in [0.5, 0.6) is 0 Å². The Morgan fingerprint density at radius 3 is 2.56 bits per heavy atom. The first-order chi connectivity index (χ1) is 8.52. The van der Waals surface area contributed by atoms with Crippen LogP contribution in [0.25, 0.3) is 11.3 Å². The number of hydrogen-bond donors (Lipinski definition) is 1. The predicted molar refractivity (Wildman–Crippen MR) is 70.7 cm³/mol. The van der Waals surface area contributed by atoms with Crippen LogP contribution in [-0.2, 0) is 6.42 Å². The minimum atomic E-state index is -0.244. The van der Waals surface area contributed by atoms with Crippen LogP contribution in [0, 0.1) is 19.7 Å². The van der Waals surface area contributed by atoms with Crippen molar-refractivity contribution in [1.82, 2.24) is 9.97 Å². The lowest BCUT2D eigenvalue weighted by molar-refractivity contribution is 0.627. The van der Waals surface area contributed by atoms with Crippen LogP contribution in [0.2, 0.25) is 0 Å². The molecule has 2 N–H and O–H groups in total. The molecule has 4 heteroatoms. The average molecular weight is 245 g/mol. The molecule has 0 saturated carbocycles. The number of halogens is 1. The molecule has 0 aliphatic heterocycles. The molecule has 18 heavy (non-hydrogen) atoms. The van der Waals surface area contributed by atoms with Crippen LogP contribution in [0.1, 0.15) is 23.9 Å². The highest BCUT2D eigenvalue weighted by molar-refractivity contribution is 5.70. The number of nitrogens with two attached hydrogens (primary N) is 1. The molecule has 0 unspecified atom stereocenters. The molecule has 1 heterocycles. The predicted octanol–water partition coefficient (Wildman–Crippen LogP) is 3.04.